The molecule has 2 heterocycles. The van der Waals surface area contributed by atoms with Crippen LogP contribution in [0.1, 0.15) is 19.3 Å². The summed E-state index contributed by atoms with van der Waals surface area (Å²) in [5, 5.41) is 13.7. The van der Waals surface area contributed by atoms with E-state index in [0.717, 1.165) is 12.6 Å². The molecule has 1 aliphatic rings. The van der Waals surface area contributed by atoms with Gasteiger partial charge in [0.2, 0.25) is 11.1 Å². The number of halogens is 1. The first kappa shape index (κ1) is 16.4. The van der Waals surface area contributed by atoms with Gasteiger partial charge < -0.3 is 14.8 Å². The molecule has 1 aromatic heterocycles. The molecule has 120 valence electrons. The average molecular weight is 331 g/mol. The molecule has 1 fully saturated rings. The van der Waals surface area contributed by atoms with Gasteiger partial charge in [0.05, 0.1) is 18.6 Å². The number of nitro groups is 1. The predicted octanol–water partition coefficient (Wildman–Crippen LogP) is 1.56. The molecule has 0 bridgehead atoms. The number of methoxy groups -OCH3 is 1. The van der Waals surface area contributed by atoms with Gasteiger partial charge >= 0.3 is 11.7 Å². The molecule has 1 aliphatic heterocycles. The molecule has 0 spiro atoms. The van der Waals surface area contributed by atoms with E-state index in [0.29, 0.717) is 19.4 Å². The second-order valence-corrected chi connectivity index (χ2v) is 5.18. The molecule has 1 atom stereocenters. The van der Waals surface area contributed by atoms with Crippen LogP contribution in [-0.2, 0) is 14.3 Å². The Balaban J connectivity index is 2.40. The third-order valence-corrected chi connectivity index (χ3v) is 3.54. The Morgan fingerprint density at radius 3 is 3.05 bits per heavy atom. The Morgan fingerprint density at radius 1 is 1.59 bits per heavy atom. The zero-order chi connectivity index (χ0) is 16.2. The summed E-state index contributed by atoms with van der Waals surface area (Å²) in [6, 6.07) is 0. The molecule has 0 aliphatic carbocycles. The van der Waals surface area contributed by atoms with Gasteiger partial charge in [-0.15, -0.1) is 0 Å². The molecular formula is C12H15ClN4O5. The summed E-state index contributed by atoms with van der Waals surface area (Å²) in [5.74, 6) is -0.709. The van der Waals surface area contributed by atoms with Crippen molar-refractivity contribution in [2.24, 2.45) is 0 Å². The number of carbonyl (C=O) groups is 1. The van der Waals surface area contributed by atoms with Crippen molar-refractivity contribution < 1.29 is 19.2 Å². The van der Waals surface area contributed by atoms with Gasteiger partial charge in [-0.3, -0.25) is 10.1 Å². The molecule has 1 unspecified atom stereocenters. The van der Waals surface area contributed by atoms with Crippen LogP contribution in [0.2, 0.25) is 5.28 Å². The third-order valence-electron chi connectivity index (χ3n) is 3.36. The minimum Gasteiger partial charge on any atom is -0.467 e. The van der Waals surface area contributed by atoms with Crippen LogP contribution in [0.25, 0.3) is 0 Å². The van der Waals surface area contributed by atoms with E-state index in [2.05, 4.69) is 15.3 Å². The summed E-state index contributed by atoms with van der Waals surface area (Å²) in [6.07, 6.45) is 2.88. The summed E-state index contributed by atoms with van der Waals surface area (Å²) in [7, 11) is 1.25. The van der Waals surface area contributed by atoms with Gasteiger partial charge in [0.1, 0.15) is 6.20 Å². The molecule has 0 saturated carbocycles. The van der Waals surface area contributed by atoms with E-state index in [4.69, 9.17) is 21.1 Å². The maximum Gasteiger partial charge on any atom is 0.333 e. The van der Waals surface area contributed by atoms with E-state index in [-0.39, 0.29) is 23.4 Å². The lowest BCUT2D eigenvalue weighted by Gasteiger charge is -2.30. The second-order valence-electron chi connectivity index (χ2n) is 4.84. The number of ether oxygens (including phenoxy) is 2. The Kier molecular flexibility index (Phi) is 5.09. The van der Waals surface area contributed by atoms with Crippen LogP contribution < -0.4 is 5.32 Å². The van der Waals surface area contributed by atoms with E-state index >= 15 is 0 Å². The van der Waals surface area contributed by atoms with Crippen LogP contribution in [0.15, 0.2) is 6.20 Å². The first-order valence-corrected chi connectivity index (χ1v) is 6.97. The van der Waals surface area contributed by atoms with Crippen molar-refractivity contribution in [3.05, 3.63) is 21.6 Å². The van der Waals surface area contributed by atoms with Crippen molar-refractivity contribution in [2.45, 2.75) is 24.8 Å². The number of aromatic nitrogens is 2. The zero-order valence-electron chi connectivity index (χ0n) is 11.9. The summed E-state index contributed by atoms with van der Waals surface area (Å²) >= 11 is 5.70. The number of nitrogens with zero attached hydrogens (tertiary/aromatic N) is 3. The molecule has 0 radical (unpaired) electrons. The van der Waals surface area contributed by atoms with Crippen molar-refractivity contribution in [2.75, 3.05) is 25.6 Å². The van der Waals surface area contributed by atoms with Crippen LogP contribution in [0.3, 0.4) is 0 Å². The number of hydrogen-bond donors (Lipinski definition) is 1. The highest BCUT2D eigenvalue weighted by molar-refractivity contribution is 6.28. The summed E-state index contributed by atoms with van der Waals surface area (Å²) in [6.45, 7) is 0.533. The first-order valence-electron chi connectivity index (χ1n) is 6.60. The number of carbonyl (C=O) groups excluding carboxylic acids is 1. The highest BCUT2D eigenvalue weighted by atomic mass is 35.5. The van der Waals surface area contributed by atoms with Gasteiger partial charge in [-0.1, -0.05) is 0 Å². The Morgan fingerprint density at radius 2 is 2.36 bits per heavy atom. The van der Waals surface area contributed by atoms with Crippen molar-refractivity contribution in [1.82, 2.24) is 9.97 Å². The lowest BCUT2D eigenvalue weighted by molar-refractivity contribution is -0.384. The van der Waals surface area contributed by atoms with Gasteiger partial charge in [-0.2, -0.15) is 4.98 Å². The molecule has 2 rings (SSSR count). The first-order chi connectivity index (χ1) is 10.5. The molecule has 0 amide bonds. The van der Waals surface area contributed by atoms with Crippen molar-refractivity contribution >= 4 is 29.1 Å². The van der Waals surface area contributed by atoms with Crippen LogP contribution in [0.5, 0.6) is 0 Å². The van der Waals surface area contributed by atoms with E-state index in [1.807, 2.05) is 0 Å². The highest BCUT2D eigenvalue weighted by Gasteiger charge is 2.42. The Bertz CT molecular complexity index is 575. The lowest BCUT2D eigenvalue weighted by Crippen LogP contribution is -2.50. The zero-order valence-corrected chi connectivity index (χ0v) is 12.6. The van der Waals surface area contributed by atoms with E-state index in [1.165, 1.54) is 7.11 Å². The fourth-order valence-electron chi connectivity index (χ4n) is 2.26. The third kappa shape index (κ3) is 3.42. The minimum absolute atomic E-state index is 0.0262. The van der Waals surface area contributed by atoms with E-state index in [9.17, 15) is 14.9 Å². The molecular weight excluding hydrogens is 316 g/mol. The summed E-state index contributed by atoms with van der Waals surface area (Å²) < 4.78 is 10.3. The number of hydrogen-bond acceptors (Lipinski definition) is 8. The number of nitrogens with one attached hydrogen (secondary N) is 1. The van der Waals surface area contributed by atoms with Gasteiger partial charge in [-0.25, -0.2) is 9.78 Å². The standard InChI is InChI=1S/C12H15ClN4O5/c1-21-10(18)12(4-2-3-5-22-7-12)16-9-8(17(19)20)6-14-11(13)15-9/h6H,2-5,7H2,1H3,(H,14,15,16). The lowest BCUT2D eigenvalue weighted by atomic mass is 9.94. The largest absolute Gasteiger partial charge is 0.467 e. The quantitative estimate of drug-likeness (QED) is 0.382. The molecule has 1 N–H and O–H groups in total. The normalized spacial score (nSPS) is 21.7. The molecule has 1 aromatic rings. The van der Waals surface area contributed by atoms with Crippen LogP contribution in [0, 0.1) is 10.1 Å². The van der Waals surface area contributed by atoms with Crippen molar-refractivity contribution in [3.8, 4) is 0 Å². The molecule has 1 saturated heterocycles. The predicted molar refractivity (Wildman–Crippen MR) is 76.7 cm³/mol. The van der Waals surface area contributed by atoms with Crippen LogP contribution >= 0.6 is 11.6 Å². The smallest absolute Gasteiger partial charge is 0.333 e. The van der Waals surface area contributed by atoms with Crippen molar-refractivity contribution in [3.63, 3.8) is 0 Å². The van der Waals surface area contributed by atoms with Crippen LogP contribution in [0.4, 0.5) is 11.5 Å². The summed E-state index contributed by atoms with van der Waals surface area (Å²) in [4.78, 5) is 30.0. The van der Waals surface area contributed by atoms with Gasteiger partial charge in [0.15, 0.2) is 5.54 Å². The highest BCUT2D eigenvalue weighted by Crippen LogP contribution is 2.30. The topological polar surface area (TPSA) is 116 Å². The fourth-order valence-corrected chi connectivity index (χ4v) is 2.39. The van der Waals surface area contributed by atoms with E-state index < -0.39 is 16.4 Å². The van der Waals surface area contributed by atoms with Gasteiger partial charge in [0, 0.05) is 6.61 Å². The molecule has 22 heavy (non-hydrogen) atoms. The number of rotatable bonds is 4. The minimum atomic E-state index is -1.24. The van der Waals surface area contributed by atoms with Gasteiger partial charge in [0.25, 0.3) is 0 Å². The number of anilines is 1. The van der Waals surface area contributed by atoms with Crippen LogP contribution in [-0.4, -0.2) is 46.7 Å². The van der Waals surface area contributed by atoms with Gasteiger partial charge in [-0.05, 0) is 30.9 Å². The molecule has 0 aromatic carbocycles. The Hall–Kier alpha value is -2.00. The number of esters is 1. The van der Waals surface area contributed by atoms with Crippen molar-refractivity contribution in [1.29, 1.82) is 0 Å². The summed E-state index contributed by atoms with van der Waals surface area (Å²) in [5.41, 5.74) is -1.62. The second kappa shape index (κ2) is 6.84. The average Bonchev–Trinajstić information content (AvgIpc) is 2.72. The fraction of sp³-hybridized carbons (Fsp3) is 0.583. The molecule has 9 nitrogen and oxygen atoms in total. The Labute approximate surface area is 131 Å². The monoisotopic (exact) mass is 330 g/mol. The SMILES string of the molecule is COC(=O)C1(Nc2nc(Cl)ncc2[N+](=O)[O-])CCCCOC1. The maximum absolute atomic E-state index is 12.2. The maximum atomic E-state index is 12.2. The molecule has 10 heteroatoms. The van der Waals surface area contributed by atoms with E-state index in [1.54, 1.807) is 0 Å².